The molecular formula is C10H17NO2. The van der Waals surface area contributed by atoms with Gasteiger partial charge in [-0.15, -0.1) is 0 Å². The molecule has 1 N–H and O–H groups in total. The maximum absolute atomic E-state index is 11.3. The van der Waals surface area contributed by atoms with Crippen molar-refractivity contribution in [1.82, 2.24) is 5.32 Å². The normalized spacial score (nSPS) is 26.0. The molecule has 0 spiro atoms. The Bertz CT molecular complexity index is 240. The number of hydrogen-bond acceptors (Lipinski definition) is 2. The minimum absolute atomic E-state index is 0.0760. The first kappa shape index (κ1) is 10.2. The van der Waals surface area contributed by atoms with Crippen molar-refractivity contribution in [2.75, 3.05) is 0 Å². The highest BCUT2D eigenvalue weighted by molar-refractivity contribution is 6.03. The second-order valence-corrected chi connectivity index (χ2v) is 4.88. The van der Waals surface area contributed by atoms with E-state index in [9.17, 15) is 9.59 Å². The van der Waals surface area contributed by atoms with Crippen LogP contribution in [0.1, 0.15) is 34.1 Å². The Morgan fingerprint density at radius 1 is 1.38 bits per heavy atom. The average Bonchev–Trinajstić information content (AvgIpc) is 2.26. The molecule has 2 atom stereocenters. The molecule has 3 nitrogen and oxygen atoms in total. The maximum atomic E-state index is 11.3. The summed E-state index contributed by atoms with van der Waals surface area (Å²) in [5, 5.41) is 2.34. The second kappa shape index (κ2) is 3.13. The Morgan fingerprint density at radius 2 is 1.92 bits per heavy atom. The fourth-order valence-electron chi connectivity index (χ4n) is 1.58. The topological polar surface area (TPSA) is 46.2 Å². The zero-order valence-corrected chi connectivity index (χ0v) is 8.68. The standard InChI is InChI=1S/C10H17NO2/c1-6(10(2,3)4)7-5-8(12)11-9(7)13/h6-7H,5H2,1-4H3,(H,11,12,13). The van der Waals surface area contributed by atoms with Crippen LogP contribution in [0.2, 0.25) is 0 Å². The quantitative estimate of drug-likeness (QED) is 0.623. The summed E-state index contributed by atoms with van der Waals surface area (Å²) in [5.74, 6) is -0.134. The molecular weight excluding hydrogens is 166 g/mol. The molecule has 0 aromatic heterocycles. The minimum Gasteiger partial charge on any atom is -0.296 e. The summed E-state index contributed by atoms with van der Waals surface area (Å²) in [4.78, 5) is 22.3. The van der Waals surface area contributed by atoms with Gasteiger partial charge < -0.3 is 0 Å². The number of rotatable bonds is 1. The molecule has 1 fully saturated rings. The fourth-order valence-corrected chi connectivity index (χ4v) is 1.58. The summed E-state index contributed by atoms with van der Waals surface area (Å²) < 4.78 is 0. The SMILES string of the molecule is CC(C1CC(=O)NC1=O)C(C)(C)C. The van der Waals surface area contributed by atoms with Gasteiger partial charge in [-0.3, -0.25) is 14.9 Å². The third-order valence-electron chi connectivity index (χ3n) is 2.97. The molecule has 0 radical (unpaired) electrons. The molecule has 0 bridgehead atoms. The molecule has 13 heavy (non-hydrogen) atoms. The summed E-state index contributed by atoms with van der Waals surface area (Å²) in [6, 6.07) is 0. The summed E-state index contributed by atoms with van der Waals surface area (Å²) in [5.41, 5.74) is 0.0760. The molecule has 1 saturated heterocycles. The van der Waals surface area contributed by atoms with Crippen molar-refractivity contribution in [3.8, 4) is 0 Å². The number of hydrogen-bond donors (Lipinski definition) is 1. The smallest absolute Gasteiger partial charge is 0.230 e. The fraction of sp³-hybridized carbons (Fsp3) is 0.800. The van der Waals surface area contributed by atoms with Crippen molar-refractivity contribution in [2.45, 2.75) is 34.1 Å². The monoisotopic (exact) mass is 183 g/mol. The first-order valence-electron chi connectivity index (χ1n) is 4.66. The highest BCUT2D eigenvalue weighted by Crippen LogP contribution is 2.35. The zero-order valence-electron chi connectivity index (χ0n) is 8.68. The summed E-state index contributed by atoms with van der Waals surface area (Å²) in [6.07, 6.45) is 0.358. The van der Waals surface area contributed by atoms with Gasteiger partial charge in [-0.05, 0) is 11.3 Å². The molecule has 0 aromatic rings. The number of amides is 2. The van der Waals surface area contributed by atoms with Crippen LogP contribution < -0.4 is 5.32 Å². The minimum atomic E-state index is -0.133. The zero-order chi connectivity index (χ0) is 10.2. The molecule has 3 heteroatoms. The predicted molar refractivity (Wildman–Crippen MR) is 49.9 cm³/mol. The molecule has 1 heterocycles. The third kappa shape index (κ3) is 2.08. The van der Waals surface area contributed by atoms with Crippen molar-refractivity contribution in [2.24, 2.45) is 17.3 Å². The largest absolute Gasteiger partial charge is 0.296 e. The first-order chi connectivity index (χ1) is 5.82. The lowest BCUT2D eigenvalue weighted by molar-refractivity contribution is -0.126. The molecule has 0 aliphatic carbocycles. The van der Waals surface area contributed by atoms with Gasteiger partial charge in [-0.2, -0.15) is 0 Å². The molecule has 0 aromatic carbocycles. The van der Waals surface area contributed by atoms with Crippen LogP contribution in [0.3, 0.4) is 0 Å². The highest BCUT2D eigenvalue weighted by atomic mass is 16.2. The van der Waals surface area contributed by atoms with Crippen molar-refractivity contribution in [3.63, 3.8) is 0 Å². The Morgan fingerprint density at radius 3 is 2.23 bits per heavy atom. The lowest BCUT2D eigenvalue weighted by Crippen LogP contribution is -2.31. The lowest BCUT2D eigenvalue weighted by Gasteiger charge is -2.30. The van der Waals surface area contributed by atoms with Gasteiger partial charge >= 0.3 is 0 Å². The van der Waals surface area contributed by atoms with E-state index < -0.39 is 0 Å². The molecule has 1 aliphatic rings. The van der Waals surface area contributed by atoms with Crippen molar-refractivity contribution in [3.05, 3.63) is 0 Å². The Kier molecular flexibility index (Phi) is 2.46. The van der Waals surface area contributed by atoms with E-state index in [1.54, 1.807) is 0 Å². The number of imide groups is 1. The van der Waals surface area contributed by atoms with Gasteiger partial charge in [0.1, 0.15) is 0 Å². The first-order valence-corrected chi connectivity index (χ1v) is 4.66. The van der Waals surface area contributed by atoms with Crippen molar-refractivity contribution >= 4 is 11.8 Å². The Balaban J connectivity index is 2.73. The lowest BCUT2D eigenvalue weighted by atomic mass is 9.74. The highest BCUT2D eigenvalue weighted by Gasteiger charge is 2.39. The van der Waals surface area contributed by atoms with E-state index in [1.807, 2.05) is 6.92 Å². The molecule has 2 amide bonds. The van der Waals surface area contributed by atoms with Crippen LogP contribution in [-0.4, -0.2) is 11.8 Å². The van der Waals surface area contributed by atoms with Gasteiger partial charge in [-0.25, -0.2) is 0 Å². The molecule has 1 aliphatic heterocycles. The number of carbonyl (C=O) groups excluding carboxylic acids is 2. The Hall–Kier alpha value is -0.860. The van der Waals surface area contributed by atoms with Crippen LogP contribution in [-0.2, 0) is 9.59 Å². The van der Waals surface area contributed by atoms with E-state index in [1.165, 1.54) is 0 Å². The summed E-state index contributed by atoms with van der Waals surface area (Å²) in [7, 11) is 0. The van der Waals surface area contributed by atoms with E-state index in [0.29, 0.717) is 6.42 Å². The van der Waals surface area contributed by atoms with Crippen molar-refractivity contribution in [1.29, 1.82) is 0 Å². The molecule has 1 rings (SSSR count). The average molecular weight is 183 g/mol. The number of nitrogens with one attached hydrogen (secondary N) is 1. The molecule has 0 saturated carbocycles. The number of carbonyl (C=O) groups is 2. The molecule has 2 unspecified atom stereocenters. The Labute approximate surface area is 78.9 Å². The van der Waals surface area contributed by atoms with Crippen LogP contribution in [0.5, 0.6) is 0 Å². The van der Waals surface area contributed by atoms with E-state index in [0.717, 1.165) is 0 Å². The van der Waals surface area contributed by atoms with E-state index in [4.69, 9.17) is 0 Å². The van der Waals surface area contributed by atoms with Crippen LogP contribution >= 0.6 is 0 Å². The van der Waals surface area contributed by atoms with Gasteiger partial charge in [0.25, 0.3) is 0 Å². The van der Waals surface area contributed by atoms with Crippen LogP contribution in [0.25, 0.3) is 0 Å². The van der Waals surface area contributed by atoms with E-state index in [2.05, 4.69) is 26.1 Å². The van der Waals surface area contributed by atoms with Gasteiger partial charge in [0.15, 0.2) is 0 Å². The van der Waals surface area contributed by atoms with Gasteiger partial charge in [-0.1, -0.05) is 27.7 Å². The predicted octanol–water partition coefficient (Wildman–Crippen LogP) is 1.33. The van der Waals surface area contributed by atoms with Gasteiger partial charge in [0.2, 0.25) is 11.8 Å². The van der Waals surface area contributed by atoms with Crippen LogP contribution in [0, 0.1) is 17.3 Å². The van der Waals surface area contributed by atoms with Crippen LogP contribution in [0.15, 0.2) is 0 Å². The van der Waals surface area contributed by atoms with E-state index >= 15 is 0 Å². The summed E-state index contributed by atoms with van der Waals surface area (Å²) >= 11 is 0. The second-order valence-electron chi connectivity index (χ2n) is 4.88. The van der Waals surface area contributed by atoms with Crippen LogP contribution in [0.4, 0.5) is 0 Å². The third-order valence-corrected chi connectivity index (χ3v) is 2.97. The summed E-state index contributed by atoms with van der Waals surface area (Å²) in [6.45, 7) is 8.30. The van der Waals surface area contributed by atoms with Gasteiger partial charge in [0, 0.05) is 6.42 Å². The molecule has 74 valence electrons. The van der Waals surface area contributed by atoms with E-state index in [-0.39, 0.29) is 29.1 Å². The maximum Gasteiger partial charge on any atom is 0.230 e. The van der Waals surface area contributed by atoms with Gasteiger partial charge in [0.05, 0.1) is 5.92 Å². The van der Waals surface area contributed by atoms with Crippen molar-refractivity contribution < 1.29 is 9.59 Å².